The van der Waals surface area contributed by atoms with Gasteiger partial charge in [-0.3, -0.25) is 9.78 Å². The zero-order chi connectivity index (χ0) is 29.0. The number of benzene rings is 4. The first kappa shape index (κ1) is 31.6. The molecule has 0 spiro atoms. The van der Waals surface area contributed by atoms with Crippen molar-refractivity contribution in [1.29, 1.82) is 5.26 Å². The number of nitriles is 1. The summed E-state index contributed by atoms with van der Waals surface area (Å²) in [5.41, 5.74) is 6.13. The van der Waals surface area contributed by atoms with Crippen molar-refractivity contribution >= 4 is 40.6 Å². The Morgan fingerprint density at radius 1 is 0.976 bits per heavy atom. The molecule has 4 nitrogen and oxygen atoms in total. The normalized spacial score (nSPS) is 11.3. The fourth-order valence-electron chi connectivity index (χ4n) is 4.76. The van der Waals surface area contributed by atoms with Crippen LogP contribution in [-0.2, 0) is 24.9 Å². The van der Waals surface area contributed by atoms with Crippen LogP contribution in [0.2, 0.25) is 19.6 Å². The van der Waals surface area contributed by atoms with Gasteiger partial charge in [-0.05, 0) is 65.9 Å². The third kappa shape index (κ3) is 7.45. The number of aryl methyl sites for hydroxylation is 1. The van der Waals surface area contributed by atoms with E-state index in [1.54, 1.807) is 0 Å². The minimum Gasteiger partial charge on any atom is -0.512 e. The zero-order valence-electron chi connectivity index (χ0n) is 24.2. The average Bonchev–Trinajstić information content (AvgIpc) is 2.90. The van der Waals surface area contributed by atoms with Crippen LogP contribution in [0.1, 0.15) is 25.0 Å². The number of aliphatic hydroxyl groups excluding tert-OH is 1. The van der Waals surface area contributed by atoms with E-state index in [9.17, 15) is 10.1 Å². The minimum absolute atomic E-state index is 0. The Bertz CT molecular complexity index is 1810. The summed E-state index contributed by atoms with van der Waals surface area (Å²) in [6.07, 6.45) is 3.01. The summed E-state index contributed by atoms with van der Waals surface area (Å²) in [5, 5.41) is 23.6. The predicted molar refractivity (Wildman–Crippen MR) is 168 cm³/mol. The first-order valence-corrected chi connectivity index (χ1v) is 16.7. The van der Waals surface area contributed by atoms with Crippen molar-refractivity contribution in [3.8, 4) is 28.5 Å². The Morgan fingerprint density at radius 3 is 2.32 bits per heavy atom. The molecule has 1 heterocycles. The second-order valence-electron chi connectivity index (χ2n) is 11.0. The van der Waals surface area contributed by atoms with Gasteiger partial charge in [0.2, 0.25) is 0 Å². The Kier molecular flexibility index (Phi) is 10.2. The van der Waals surface area contributed by atoms with E-state index in [2.05, 4.69) is 86.1 Å². The van der Waals surface area contributed by atoms with E-state index in [1.807, 2.05) is 36.5 Å². The van der Waals surface area contributed by atoms with Gasteiger partial charge in [0, 0.05) is 38.1 Å². The predicted octanol–water partition coefficient (Wildman–Crippen LogP) is 8.28. The number of nitrogens with zero attached hydrogens (tertiary/aromatic N) is 2. The zero-order valence-corrected chi connectivity index (χ0v) is 27.6. The third-order valence-corrected chi connectivity index (χ3v) is 8.77. The van der Waals surface area contributed by atoms with E-state index in [1.165, 1.54) is 41.8 Å². The second kappa shape index (κ2) is 13.2. The monoisotopic (exact) mass is 734 g/mol. The molecule has 6 heteroatoms. The molecule has 0 atom stereocenters. The van der Waals surface area contributed by atoms with E-state index in [0.717, 1.165) is 32.8 Å². The number of carbonyl (C=O) groups excluding carboxylic acids is 1. The number of hydrogen-bond donors (Lipinski definition) is 1. The summed E-state index contributed by atoms with van der Waals surface area (Å²) in [5.74, 6) is -0.0625. The summed E-state index contributed by atoms with van der Waals surface area (Å²) in [6.45, 7) is 12.2. The Balaban J connectivity index is 0.000000516. The van der Waals surface area contributed by atoms with Gasteiger partial charge in [-0.2, -0.15) is 5.26 Å². The molecular formula is C35H33IrN2O2Si-. The molecule has 0 unspecified atom stereocenters. The summed E-state index contributed by atoms with van der Waals surface area (Å²) in [6, 6.07) is 31.1. The van der Waals surface area contributed by atoms with Crippen LogP contribution in [0.5, 0.6) is 0 Å². The van der Waals surface area contributed by atoms with Gasteiger partial charge >= 0.3 is 0 Å². The van der Waals surface area contributed by atoms with E-state index >= 15 is 0 Å². The Hall–Kier alpha value is -3.88. The molecule has 0 bridgehead atoms. The fraction of sp³-hybridized carbons (Fsp3) is 0.171. The molecule has 1 aromatic heterocycles. The maximum absolute atomic E-state index is 10.0. The van der Waals surface area contributed by atoms with Gasteiger partial charge in [0.25, 0.3) is 0 Å². The average molecular weight is 734 g/mol. The summed E-state index contributed by atoms with van der Waals surface area (Å²) < 4.78 is 0. The van der Waals surface area contributed by atoms with Gasteiger partial charge in [-0.25, -0.2) is 0 Å². The summed E-state index contributed by atoms with van der Waals surface area (Å²) in [7, 11) is -1.34. The molecule has 1 radical (unpaired) electrons. The van der Waals surface area contributed by atoms with Crippen molar-refractivity contribution in [2.45, 2.75) is 40.4 Å². The third-order valence-electron chi connectivity index (χ3n) is 6.73. The molecule has 0 fully saturated rings. The van der Waals surface area contributed by atoms with Gasteiger partial charge in [-0.15, -0.1) is 23.6 Å². The summed E-state index contributed by atoms with van der Waals surface area (Å²) in [4.78, 5) is 14.7. The van der Waals surface area contributed by atoms with Crippen LogP contribution in [0.15, 0.2) is 90.8 Å². The SMILES string of the molecule is CC(=O)/C=C(/C)O.Cc1cc([Si](C)(C)C)ccc1-c1ccc2c(-c3[c-]c4ccccc4c(C#N)c3)nccc2c1.[Ir]. The molecule has 0 amide bonds. The second-order valence-corrected chi connectivity index (χ2v) is 16.1. The maximum Gasteiger partial charge on any atom is 0.155 e. The van der Waals surface area contributed by atoms with Gasteiger partial charge in [-0.1, -0.05) is 84.3 Å². The Labute approximate surface area is 256 Å². The van der Waals surface area contributed by atoms with Crippen LogP contribution in [0, 0.1) is 24.3 Å². The van der Waals surface area contributed by atoms with E-state index in [4.69, 9.17) is 5.11 Å². The summed E-state index contributed by atoms with van der Waals surface area (Å²) >= 11 is 0. The van der Waals surface area contributed by atoms with Crippen molar-refractivity contribution in [3.63, 3.8) is 0 Å². The number of hydrogen-bond acceptors (Lipinski definition) is 4. The van der Waals surface area contributed by atoms with Gasteiger partial charge in [0.15, 0.2) is 5.78 Å². The topological polar surface area (TPSA) is 74.0 Å². The van der Waals surface area contributed by atoms with Crippen molar-refractivity contribution in [1.82, 2.24) is 4.98 Å². The van der Waals surface area contributed by atoms with E-state index in [0.29, 0.717) is 5.56 Å². The quantitative estimate of drug-likeness (QED) is 0.0874. The molecule has 0 aliphatic carbocycles. The van der Waals surface area contributed by atoms with Gasteiger partial charge in [0.05, 0.1) is 19.9 Å². The van der Waals surface area contributed by atoms with Crippen molar-refractivity contribution in [3.05, 3.63) is 108 Å². The van der Waals surface area contributed by atoms with Crippen molar-refractivity contribution in [2.24, 2.45) is 0 Å². The molecule has 4 aromatic carbocycles. The number of aromatic nitrogens is 1. The molecule has 41 heavy (non-hydrogen) atoms. The molecule has 0 saturated heterocycles. The smallest absolute Gasteiger partial charge is 0.155 e. The van der Waals surface area contributed by atoms with Crippen LogP contribution in [0.25, 0.3) is 43.9 Å². The molecule has 209 valence electrons. The van der Waals surface area contributed by atoms with E-state index in [-0.39, 0.29) is 31.6 Å². The number of carbonyl (C=O) groups is 1. The maximum atomic E-state index is 10.0. The molecule has 5 aromatic rings. The number of rotatable bonds is 4. The van der Waals surface area contributed by atoms with Crippen LogP contribution < -0.4 is 5.19 Å². The number of ketones is 1. The molecule has 0 aliphatic rings. The van der Waals surface area contributed by atoms with Crippen molar-refractivity contribution < 1.29 is 30.0 Å². The van der Waals surface area contributed by atoms with Gasteiger partial charge < -0.3 is 5.11 Å². The first-order valence-electron chi connectivity index (χ1n) is 13.2. The molecule has 0 saturated carbocycles. The fourth-order valence-corrected chi connectivity index (χ4v) is 5.99. The molecule has 5 rings (SSSR count). The van der Waals surface area contributed by atoms with Crippen LogP contribution >= 0.6 is 0 Å². The Morgan fingerprint density at radius 2 is 1.71 bits per heavy atom. The molecule has 1 N–H and O–H groups in total. The number of pyridine rings is 1. The number of aliphatic hydroxyl groups is 1. The van der Waals surface area contributed by atoms with Gasteiger partial charge in [0.1, 0.15) is 0 Å². The van der Waals surface area contributed by atoms with E-state index < -0.39 is 8.07 Å². The number of allylic oxidation sites excluding steroid dienone is 2. The van der Waals surface area contributed by atoms with Crippen LogP contribution in [0.4, 0.5) is 0 Å². The number of fused-ring (bicyclic) bond motifs is 2. The van der Waals surface area contributed by atoms with Crippen LogP contribution in [0.3, 0.4) is 0 Å². The minimum atomic E-state index is -1.34. The molecule has 0 aliphatic heterocycles. The first-order chi connectivity index (χ1) is 19.0. The molecular weight excluding hydrogens is 701 g/mol. The largest absolute Gasteiger partial charge is 0.512 e. The van der Waals surface area contributed by atoms with Crippen molar-refractivity contribution in [2.75, 3.05) is 0 Å². The van der Waals surface area contributed by atoms with Crippen LogP contribution in [-0.4, -0.2) is 23.9 Å². The standard InChI is InChI=1S/C30H25N2Si.C5H8O2.Ir/c1-20-15-26(33(2,3)4)10-12-27(20)22-9-11-29-23(16-22)13-14-32-30(29)24-17-21-7-5-6-8-28(21)25(18-24)19-31;1-4(6)3-5(2)7;/h5-16,18H,1-4H3;3,6H,1-2H3;/q-1;;/b;4-3-;.